The van der Waals surface area contributed by atoms with Gasteiger partial charge in [0, 0.05) is 10.2 Å². The Morgan fingerprint density at radius 2 is 1.81 bits per heavy atom. The third-order valence-electron chi connectivity index (χ3n) is 4.85. The van der Waals surface area contributed by atoms with Crippen molar-refractivity contribution in [3.05, 3.63) is 83.1 Å². The van der Waals surface area contributed by atoms with Gasteiger partial charge in [-0.25, -0.2) is 4.98 Å². The Bertz CT molecular complexity index is 1450. The highest BCUT2D eigenvalue weighted by molar-refractivity contribution is 9.10. The van der Waals surface area contributed by atoms with E-state index in [9.17, 15) is 4.79 Å². The lowest BCUT2D eigenvalue weighted by Crippen LogP contribution is -2.12. The third-order valence-corrected chi connectivity index (χ3v) is 5.54. The Balaban J connectivity index is 1.37. The second-order valence-corrected chi connectivity index (χ2v) is 7.71. The van der Waals surface area contributed by atoms with Gasteiger partial charge in [0.25, 0.3) is 11.8 Å². The Hall–Kier alpha value is -3.98. The highest BCUT2D eigenvalue weighted by Crippen LogP contribution is 2.28. The molecule has 0 saturated heterocycles. The summed E-state index contributed by atoms with van der Waals surface area (Å²) < 4.78 is 13.7. The molecule has 0 saturated carbocycles. The number of halogens is 1. The van der Waals surface area contributed by atoms with Gasteiger partial charge in [-0.2, -0.15) is 0 Å². The molecule has 0 aliphatic carbocycles. The number of para-hydroxylation sites is 2. The quantitative estimate of drug-likeness (QED) is 0.369. The molecule has 1 amide bonds. The number of carbonyl (C=O) groups excluding carboxylic acids is 1. The SMILES string of the molecule is COc1ccc(Br)c(C(=O)Nc2ccc(Oc3nc4ccccc4n4cnnc34)cc2)c1. The van der Waals surface area contributed by atoms with Crippen LogP contribution >= 0.6 is 15.9 Å². The monoisotopic (exact) mass is 489 g/mol. The maximum Gasteiger partial charge on any atom is 0.266 e. The van der Waals surface area contributed by atoms with E-state index in [1.54, 1.807) is 55.9 Å². The standard InChI is InChI=1S/C23H16BrN5O3/c1-31-16-10-11-18(24)17(12-16)22(30)26-14-6-8-15(9-7-14)32-23-21-28-25-13-29(21)20-5-3-2-4-19(20)27-23/h2-13H,1H3,(H,26,30). The zero-order chi connectivity index (χ0) is 22.1. The molecule has 0 unspecified atom stereocenters. The number of benzene rings is 3. The van der Waals surface area contributed by atoms with Crippen molar-refractivity contribution in [3.8, 4) is 17.4 Å². The Morgan fingerprint density at radius 3 is 2.62 bits per heavy atom. The van der Waals surface area contributed by atoms with Gasteiger partial charge in [-0.3, -0.25) is 9.20 Å². The second kappa shape index (κ2) is 8.27. The molecule has 0 aliphatic rings. The van der Waals surface area contributed by atoms with Crippen LogP contribution in [0.2, 0.25) is 0 Å². The number of methoxy groups -OCH3 is 1. The number of fused-ring (bicyclic) bond motifs is 3. The number of hydrogen-bond donors (Lipinski definition) is 1. The topological polar surface area (TPSA) is 90.6 Å². The first kappa shape index (κ1) is 20.0. The second-order valence-electron chi connectivity index (χ2n) is 6.86. The van der Waals surface area contributed by atoms with Gasteiger partial charge in [0.1, 0.15) is 17.8 Å². The van der Waals surface area contributed by atoms with Crippen LogP contribution in [0.5, 0.6) is 17.4 Å². The van der Waals surface area contributed by atoms with E-state index in [0.29, 0.717) is 38.7 Å². The summed E-state index contributed by atoms with van der Waals surface area (Å²) in [4.78, 5) is 17.2. The minimum atomic E-state index is -0.259. The van der Waals surface area contributed by atoms with E-state index >= 15 is 0 Å². The van der Waals surface area contributed by atoms with Gasteiger partial charge >= 0.3 is 0 Å². The molecule has 1 N–H and O–H groups in total. The number of carbonyl (C=O) groups is 1. The van der Waals surface area contributed by atoms with E-state index < -0.39 is 0 Å². The van der Waals surface area contributed by atoms with E-state index in [1.165, 1.54) is 0 Å². The van der Waals surface area contributed by atoms with Gasteiger partial charge in [0.05, 0.1) is 23.7 Å². The van der Waals surface area contributed by atoms with Gasteiger partial charge in [-0.05, 0) is 70.5 Å². The molecule has 0 radical (unpaired) electrons. The van der Waals surface area contributed by atoms with Crippen LogP contribution in [-0.2, 0) is 0 Å². The van der Waals surface area contributed by atoms with Gasteiger partial charge in [0.2, 0.25) is 5.65 Å². The molecular formula is C23H16BrN5O3. The molecular weight excluding hydrogens is 474 g/mol. The van der Waals surface area contributed by atoms with Crippen LogP contribution in [0.4, 0.5) is 5.69 Å². The van der Waals surface area contributed by atoms with Crippen LogP contribution in [0.25, 0.3) is 16.7 Å². The molecule has 5 aromatic rings. The number of rotatable bonds is 5. The summed E-state index contributed by atoms with van der Waals surface area (Å²) in [5.74, 6) is 1.24. The number of nitrogens with one attached hydrogen (secondary N) is 1. The molecule has 0 atom stereocenters. The zero-order valence-corrected chi connectivity index (χ0v) is 18.4. The molecule has 9 heteroatoms. The van der Waals surface area contributed by atoms with Gasteiger partial charge in [-0.1, -0.05) is 12.1 Å². The van der Waals surface area contributed by atoms with Crippen molar-refractivity contribution >= 4 is 44.2 Å². The van der Waals surface area contributed by atoms with Crippen molar-refractivity contribution in [2.75, 3.05) is 12.4 Å². The van der Waals surface area contributed by atoms with Gasteiger partial charge in [-0.15, -0.1) is 10.2 Å². The molecule has 0 fully saturated rings. The first-order chi connectivity index (χ1) is 15.6. The van der Waals surface area contributed by atoms with Crippen molar-refractivity contribution < 1.29 is 14.3 Å². The number of amides is 1. The van der Waals surface area contributed by atoms with E-state index in [0.717, 1.165) is 11.0 Å². The normalized spacial score (nSPS) is 10.9. The fourth-order valence-electron chi connectivity index (χ4n) is 3.27. The first-order valence-electron chi connectivity index (χ1n) is 9.63. The molecule has 5 rings (SSSR count). The van der Waals surface area contributed by atoms with Crippen LogP contribution in [0, 0.1) is 0 Å². The Kier molecular flexibility index (Phi) is 5.16. The Morgan fingerprint density at radius 1 is 1.03 bits per heavy atom. The predicted molar refractivity (Wildman–Crippen MR) is 123 cm³/mol. The lowest BCUT2D eigenvalue weighted by molar-refractivity contribution is 0.102. The van der Waals surface area contributed by atoms with Gasteiger partial charge < -0.3 is 14.8 Å². The van der Waals surface area contributed by atoms with Crippen molar-refractivity contribution in [1.82, 2.24) is 19.6 Å². The molecule has 32 heavy (non-hydrogen) atoms. The summed E-state index contributed by atoms with van der Waals surface area (Å²) in [5, 5.41) is 11.0. The lowest BCUT2D eigenvalue weighted by Gasteiger charge is -2.10. The summed E-state index contributed by atoms with van der Waals surface area (Å²) in [6.07, 6.45) is 1.63. The summed E-state index contributed by atoms with van der Waals surface area (Å²) in [6.45, 7) is 0. The van der Waals surface area contributed by atoms with Crippen LogP contribution < -0.4 is 14.8 Å². The maximum absolute atomic E-state index is 12.7. The zero-order valence-electron chi connectivity index (χ0n) is 16.8. The van der Waals surface area contributed by atoms with Crippen molar-refractivity contribution in [2.24, 2.45) is 0 Å². The van der Waals surface area contributed by atoms with E-state index in [4.69, 9.17) is 9.47 Å². The smallest absolute Gasteiger partial charge is 0.266 e. The lowest BCUT2D eigenvalue weighted by atomic mass is 10.2. The fourth-order valence-corrected chi connectivity index (χ4v) is 3.70. The van der Waals surface area contributed by atoms with Crippen molar-refractivity contribution in [3.63, 3.8) is 0 Å². The maximum atomic E-state index is 12.7. The molecule has 0 aliphatic heterocycles. The van der Waals surface area contributed by atoms with Crippen LogP contribution in [-0.4, -0.2) is 32.6 Å². The molecule has 2 aromatic heterocycles. The largest absolute Gasteiger partial charge is 0.497 e. The van der Waals surface area contributed by atoms with Gasteiger partial charge in [0.15, 0.2) is 0 Å². The molecule has 0 bridgehead atoms. The molecule has 8 nitrogen and oxygen atoms in total. The number of hydrogen-bond acceptors (Lipinski definition) is 6. The average molecular weight is 490 g/mol. The summed E-state index contributed by atoms with van der Waals surface area (Å²) in [6, 6.07) is 19.9. The number of aromatic nitrogens is 4. The number of nitrogens with zero attached hydrogens (tertiary/aromatic N) is 4. The van der Waals surface area contributed by atoms with E-state index in [-0.39, 0.29) is 5.91 Å². The number of ether oxygens (including phenoxy) is 2. The molecule has 2 heterocycles. The van der Waals surface area contributed by atoms with Crippen LogP contribution in [0.3, 0.4) is 0 Å². The van der Waals surface area contributed by atoms with E-state index in [2.05, 4.69) is 36.4 Å². The molecule has 0 spiro atoms. The third kappa shape index (κ3) is 3.74. The van der Waals surface area contributed by atoms with Crippen LogP contribution in [0.1, 0.15) is 10.4 Å². The Labute approximate surface area is 191 Å². The summed E-state index contributed by atoms with van der Waals surface area (Å²) >= 11 is 3.40. The van der Waals surface area contributed by atoms with E-state index in [1.807, 2.05) is 28.7 Å². The highest BCUT2D eigenvalue weighted by atomic mass is 79.9. The minimum Gasteiger partial charge on any atom is -0.497 e. The highest BCUT2D eigenvalue weighted by Gasteiger charge is 2.14. The van der Waals surface area contributed by atoms with Crippen molar-refractivity contribution in [2.45, 2.75) is 0 Å². The summed E-state index contributed by atoms with van der Waals surface area (Å²) in [5.41, 5.74) is 3.27. The van der Waals surface area contributed by atoms with Crippen molar-refractivity contribution in [1.29, 1.82) is 0 Å². The minimum absolute atomic E-state index is 0.259. The number of anilines is 1. The fraction of sp³-hybridized carbons (Fsp3) is 0.0435. The van der Waals surface area contributed by atoms with Crippen LogP contribution in [0.15, 0.2) is 77.5 Å². The summed E-state index contributed by atoms with van der Waals surface area (Å²) in [7, 11) is 1.56. The molecule has 158 valence electrons. The molecule has 3 aromatic carbocycles. The predicted octanol–water partition coefficient (Wildman–Crippen LogP) is 5.09. The first-order valence-corrected chi connectivity index (χ1v) is 10.4. The average Bonchev–Trinajstić information content (AvgIpc) is 3.31.